The molecule has 6 aromatic rings. The molecule has 0 aliphatic carbocycles. The molecule has 0 aliphatic heterocycles. The van der Waals surface area contributed by atoms with Crippen LogP contribution in [0.1, 0.15) is 35.6 Å². The number of carboxylic acid groups (broad SMARTS) is 1. The average Bonchev–Trinajstić information content (AvgIpc) is 3.40. The van der Waals surface area contributed by atoms with E-state index in [0.717, 1.165) is 28.7 Å². The number of hydrogen-bond donors (Lipinski definition) is 6. The number of unbranched alkanes of at least 4 members (excludes halogenated alkanes) is 1. The number of oxazole rings is 1. The number of nitrogens with zero attached hydrogens (tertiary/aromatic N) is 1. The van der Waals surface area contributed by atoms with Gasteiger partial charge in [-0.2, -0.15) is 0 Å². The first kappa shape index (κ1) is 37.8. The zero-order chi connectivity index (χ0) is 34.5. The highest BCUT2D eigenvalue weighted by molar-refractivity contribution is 5.91. The molecule has 2 aromatic heterocycles. The van der Waals surface area contributed by atoms with Gasteiger partial charge in [0.05, 0.1) is 29.9 Å². The van der Waals surface area contributed by atoms with Gasteiger partial charge in [0.1, 0.15) is 11.5 Å². The zero-order valence-corrected chi connectivity index (χ0v) is 27.5. The van der Waals surface area contributed by atoms with E-state index in [2.05, 4.69) is 15.6 Å². The maximum Gasteiger partial charge on any atom is 0.419 e. The van der Waals surface area contributed by atoms with Crippen molar-refractivity contribution in [2.24, 2.45) is 0 Å². The highest BCUT2D eigenvalue weighted by atomic mass is 19.0. The average molecular weight is 705 g/mol. The number of hydrogen-bond acceptors (Lipinski definition) is 8. The van der Waals surface area contributed by atoms with E-state index in [-0.39, 0.29) is 32.8 Å². The van der Waals surface area contributed by atoms with Crippen molar-refractivity contribution < 1.29 is 38.7 Å². The van der Waals surface area contributed by atoms with E-state index in [1.165, 1.54) is 12.1 Å². The topological polar surface area (TPSA) is 179 Å². The molecule has 0 unspecified atom stereocenters. The van der Waals surface area contributed by atoms with Crippen molar-refractivity contribution >= 4 is 33.8 Å². The monoisotopic (exact) mass is 704 g/mol. The van der Waals surface area contributed by atoms with Crippen molar-refractivity contribution in [3.8, 4) is 22.6 Å². The van der Waals surface area contributed by atoms with Crippen LogP contribution >= 0.6 is 0 Å². The first-order chi connectivity index (χ1) is 23.7. The molecule has 1 atom stereocenters. The number of amides is 1. The van der Waals surface area contributed by atoms with E-state index in [0.29, 0.717) is 59.4 Å². The lowest BCUT2D eigenvalue weighted by molar-refractivity contribution is 0.175. The smallest absolute Gasteiger partial charge is 0.419 e. The number of aromatic nitrogens is 2. The number of nitrogens with one attached hydrogen (secondary N) is 3. The van der Waals surface area contributed by atoms with Crippen molar-refractivity contribution in [2.75, 3.05) is 19.0 Å². The number of pyridine rings is 1. The van der Waals surface area contributed by atoms with Crippen LogP contribution in [-0.2, 0) is 19.5 Å². The summed E-state index contributed by atoms with van der Waals surface area (Å²) in [6.45, 7) is 0.890. The predicted octanol–water partition coefficient (Wildman–Crippen LogP) is 6.06. The van der Waals surface area contributed by atoms with Crippen LogP contribution in [0.3, 0.4) is 0 Å². The van der Waals surface area contributed by atoms with Crippen LogP contribution in [0.4, 0.5) is 19.9 Å². The van der Waals surface area contributed by atoms with Crippen molar-refractivity contribution in [3.63, 3.8) is 0 Å². The van der Waals surface area contributed by atoms with Crippen LogP contribution in [-0.4, -0.2) is 44.6 Å². The number of ether oxygens (including phenoxy) is 1. The zero-order valence-electron chi connectivity index (χ0n) is 27.5. The molecule has 2 heterocycles. The summed E-state index contributed by atoms with van der Waals surface area (Å²) in [7, 11) is 1.54. The molecule has 6 N–H and O–H groups in total. The van der Waals surface area contributed by atoms with Crippen LogP contribution in [0.25, 0.3) is 33.1 Å². The van der Waals surface area contributed by atoms with E-state index < -0.39 is 18.0 Å². The highest BCUT2D eigenvalue weighted by Gasteiger charge is 2.17. The highest BCUT2D eigenvalue weighted by Crippen LogP contribution is 2.31. The van der Waals surface area contributed by atoms with E-state index in [1.807, 2.05) is 48.5 Å². The number of H-pyrrole nitrogens is 1. The Bertz CT molecular complexity index is 2250. The normalized spacial score (nSPS) is 11.5. The number of phenols is 1. The van der Waals surface area contributed by atoms with Gasteiger partial charge in [0.2, 0.25) is 5.56 Å². The minimum absolute atomic E-state index is 0. The van der Waals surface area contributed by atoms with Gasteiger partial charge in [0.25, 0.3) is 0 Å². The van der Waals surface area contributed by atoms with Gasteiger partial charge < -0.3 is 34.8 Å². The van der Waals surface area contributed by atoms with E-state index in [1.54, 1.807) is 35.9 Å². The van der Waals surface area contributed by atoms with E-state index >= 15 is 0 Å². The molecule has 4 aromatic carbocycles. The van der Waals surface area contributed by atoms with Gasteiger partial charge >= 0.3 is 11.8 Å². The van der Waals surface area contributed by atoms with Crippen LogP contribution < -0.4 is 26.7 Å². The summed E-state index contributed by atoms with van der Waals surface area (Å²) < 4.78 is 12.8. The molecule has 0 saturated heterocycles. The van der Waals surface area contributed by atoms with Crippen LogP contribution in [0.15, 0.2) is 98.9 Å². The van der Waals surface area contributed by atoms with Gasteiger partial charge in [0.15, 0.2) is 5.58 Å². The van der Waals surface area contributed by atoms with Gasteiger partial charge in [-0.1, -0.05) is 48.5 Å². The number of anilines is 1. The summed E-state index contributed by atoms with van der Waals surface area (Å²) in [6, 6.07) is 24.8. The van der Waals surface area contributed by atoms with Crippen molar-refractivity contribution in [1.82, 2.24) is 14.9 Å². The molecule has 6 rings (SSSR count). The Balaban J connectivity index is 0.00000292. The van der Waals surface area contributed by atoms with Gasteiger partial charge in [-0.25, -0.2) is 9.59 Å². The molecule has 268 valence electrons. The molecule has 0 saturated carbocycles. The van der Waals surface area contributed by atoms with Gasteiger partial charge in [-0.15, -0.1) is 0 Å². The third-order valence-corrected chi connectivity index (χ3v) is 8.50. The van der Waals surface area contributed by atoms with E-state index in [4.69, 9.17) is 9.15 Å². The van der Waals surface area contributed by atoms with Gasteiger partial charge in [-0.3, -0.25) is 24.1 Å². The van der Waals surface area contributed by atoms with Crippen molar-refractivity contribution in [1.29, 1.82) is 0 Å². The molecule has 0 aliphatic rings. The molecule has 1 amide bonds. The lowest BCUT2D eigenvalue weighted by Crippen LogP contribution is -2.21. The summed E-state index contributed by atoms with van der Waals surface area (Å²) in [5, 5.41) is 36.7. The number of phenolic OH excluding ortho intramolecular Hbond substituents is 1. The lowest BCUT2D eigenvalue weighted by Gasteiger charge is -2.16. The fourth-order valence-corrected chi connectivity index (χ4v) is 6.11. The second-order valence-electron chi connectivity index (χ2n) is 11.7. The van der Waals surface area contributed by atoms with Gasteiger partial charge in [-0.05, 0) is 60.2 Å². The fourth-order valence-electron chi connectivity index (χ4n) is 6.11. The molecule has 0 radical (unpaired) electrons. The molecule has 14 heteroatoms. The Hall–Kier alpha value is -5.99. The fraction of sp³-hybridized carbons (Fsp3) is 0.216. The third-order valence-electron chi connectivity index (χ3n) is 8.50. The number of halogens is 2. The Labute approximate surface area is 289 Å². The Morgan fingerprint density at radius 1 is 0.980 bits per heavy atom. The first-order valence-electron chi connectivity index (χ1n) is 15.8. The predicted molar refractivity (Wildman–Crippen MR) is 191 cm³/mol. The Morgan fingerprint density at radius 3 is 2.51 bits per heavy atom. The summed E-state index contributed by atoms with van der Waals surface area (Å²) >= 11 is 0. The standard InChI is InChI=1S/C37H36N4O8.2FH/c1-48-32-19-29-33(18-24(32)20-38-21-31(43)26-12-14-30(42)35-27(26)13-15-34(44)40-35)49-37(47)41(29)16-6-5-7-22-10-11-25(23-8-3-2-4-9-23)28(17-22)39-36(45)46;;/h2-4,8-15,17-19,31,38-39,42-43H,5-7,16,20-21H2,1H3,(H,40,44)(H,45,46);2*1H/t31-;;/m0../s1. The van der Waals surface area contributed by atoms with Crippen molar-refractivity contribution in [3.05, 3.63) is 123 Å². The van der Waals surface area contributed by atoms with Crippen LogP contribution in [0.5, 0.6) is 11.5 Å². The lowest BCUT2D eigenvalue weighted by atomic mass is 9.99. The number of aliphatic hydroxyl groups is 1. The SMILES string of the molecule is COc1cc2c(cc1CNC[C@H](O)c1ccc(O)c3[nH]c(=O)ccc13)oc(=O)n2CCCCc1ccc(-c2ccccc2)c(NC(=O)O)c1.F.F. The minimum Gasteiger partial charge on any atom is -0.506 e. The molecular formula is C37H38F2N4O8. The summed E-state index contributed by atoms with van der Waals surface area (Å²) in [5.41, 5.74) is 5.41. The summed E-state index contributed by atoms with van der Waals surface area (Å²) in [5.74, 6) is -0.00955. The maximum atomic E-state index is 12.8. The second kappa shape index (κ2) is 16.6. The number of aryl methyl sites for hydroxylation is 2. The molecule has 12 nitrogen and oxygen atoms in total. The quantitative estimate of drug-likeness (QED) is 0.0780. The molecule has 0 bridgehead atoms. The third kappa shape index (κ3) is 8.43. The Morgan fingerprint density at radius 2 is 1.76 bits per heavy atom. The molecule has 0 fully saturated rings. The number of aromatic hydroxyl groups is 1. The number of aliphatic hydroxyl groups excluding tert-OH is 1. The maximum absolute atomic E-state index is 12.8. The number of benzene rings is 4. The minimum atomic E-state index is -1.13. The summed E-state index contributed by atoms with van der Waals surface area (Å²) in [6.07, 6.45) is 0.0560. The largest absolute Gasteiger partial charge is 0.506 e. The number of rotatable bonds is 13. The van der Waals surface area contributed by atoms with E-state index in [9.17, 15) is 29.7 Å². The molecular weight excluding hydrogens is 666 g/mol. The van der Waals surface area contributed by atoms with Crippen LogP contribution in [0.2, 0.25) is 0 Å². The number of fused-ring (bicyclic) bond motifs is 2. The molecule has 51 heavy (non-hydrogen) atoms. The number of methoxy groups -OCH3 is 1. The van der Waals surface area contributed by atoms with Gasteiger partial charge in [0, 0.05) is 48.3 Å². The molecule has 0 spiro atoms. The van der Waals surface area contributed by atoms with Crippen molar-refractivity contribution in [2.45, 2.75) is 38.5 Å². The van der Waals surface area contributed by atoms with Crippen LogP contribution in [0, 0.1) is 0 Å². The Kier molecular flexibility index (Phi) is 12.3. The second-order valence-corrected chi connectivity index (χ2v) is 11.7. The first-order valence-corrected chi connectivity index (χ1v) is 15.8. The summed E-state index contributed by atoms with van der Waals surface area (Å²) in [4.78, 5) is 38.6. The number of carbonyl (C=O) groups is 1. The number of aromatic amines is 1.